The van der Waals surface area contributed by atoms with Crippen molar-refractivity contribution in [2.45, 2.75) is 58.1 Å². The predicted octanol–water partition coefficient (Wildman–Crippen LogP) is 6.41. The molecular weight excluding hydrogens is 576 g/mol. The number of carbonyl (C=O) groups is 4. The molecule has 3 aromatic rings. The summed E-state index contributed by atoms with van der Waals surface area (Å²) in [5.41, 5.74) is 1.47. The molecule has 1 heterocycles. The number of fused-ring (bicyclic) bond motifs is 1. The van der Waals surface area contributed by atoms with Crippen LogP contribution in [-0.4, -0.2) is 54.2 Å². The van der Waals surface area contributed by atoms with Gasteiger partial charge in [0.2, 0.25) is 0 Å². The van der Waals surface area contributed by atoms with E-state index in [2.05, 4.69) is 10.6 Å². The fraction of sp³-hybridized carbons (Fsp3) is 0.353. The molecule has 232 valence electrons. The number of rotatable bonds is 8. The molecule has 0 radical (unpaired) electrons. The van der Waals surface area contributed by atoms with Crippen LogP contribution in [0, 0.1) is 5.41 Å². The van der Waals surface area contributed by atoms with E-state index in [1.165, 1.54) is 16.7 Å². The van der Waals surface area contributed by atoms with Crippen molar-refractivity contribution >= 4 is 58.2 Å². The molecule has 0 spiro atoms. The van der Waals surface area contributed by atoms with Crippen molar-refractivity contribution < 1.29 is 23.9 Å². The van der Waals surface area contributed by atoms with Crippen molar-refractivity contribution in [1.29, 1.82) is 0 Å². The van der Waals surface area contributed by atoms with Crippen molar-refractivity contribution in [2.24, 2.45) is 5.41 Å². The number of nitrogens with one attached hydrogen (secondary N) is 2. The van der Waals surface area contributed by atoms with Crippen molar-refractivity contribution in [3.8, 4) is 0 Å². The first-order chi connectivity index (χ1) is 20.7. The van der Waals surface area contributed by atoms with Gasteiger partial charge in [0.1, 0.15) is 11.6 Å². The minimum atomic E-state index is -0.972. The highest BCUT2D eigenvalue weighted by atomic mass is 32.2. The molecule has 0 saturated carbocycles. The van der Waals surface area contributed by atoms with Crippen molar-refractivity contribution in [3.63, 3.8) is 0 Å². The number of thioether (sulfide) groups is 1. The zero-order chi connectivity index (χ0) is 32.1. The molecule has 9 nitrogen and oxygen atoms in total. The third-order valence-electron chi connectivity index (χ3n) is 6.77. The summed E-state index contributed by atoms with van der Waals surface area (Å²) in [6.45, 7) is 10.9. The topological polar surface area (TPSA) is 108 Å². The van der Waals surface area contributed by atoms with Crippen molar-refractivity contribution in [1.82, 2.24) is 5.32 Å². The zero-order valence-electron chi connectivity index (χ0n) is 26.0. The standard InChI is InChI=1S/C34H40N4O5S/c1-33(2,3)29(39)21-38-28-18-11-10-17-27(28)37(24-14-8-7-9-15-24)20-26(31(38)41)36-32(42)35-23-13-12-16-25(19-23)44-22-30(40)43-34(4,5)6/h7-19,26H,20-22H2,1-6H3,(H2,35,36,42). The summed E-state index contributed by atoms with van der Waals surface area (Å²) in [6, 6.07) is 22.6. The van der Waals surface area contributed by atoms with Crippen LogP contribution in [0.1, 0.15) is 41.5 Å². The summed E-state index contributed by atoms with van der Waals surface area (Å²) in [6.07, 6.45) is 0. The number of para-hydroxylation sites is 3. The summed E-state index contributed by atoms with van der Waals surface area (Å²) in [5.74, 6) is -0.686. The number of ether oxygens (including phenoxy) is 1. The van der Waals surface area contributed by atoms with Crippen LogP contribution in [0.3, 0.4) is 0 Å². The number of anilines is 4. The Labute approximate surface area is 263 Å². The lowest BCUT2D eigenvalue weighted by Gasteiger charge is -2.28. The fourth-order valence-electron chi connectivity index (χ4n) is 4.59. The molecule has 2 N–H and O–H groups in total. The minimum absolute atomic E-state index is 0.0993. The number of urea groups is 1. The van der Waals surface area contributed by atoms with Gasteiger partial charge in [0.15, 0.2) is 5.78 Å². The van der Waals surface area contributed by atoms with Gasteiger partial charge in [-0.1, -0.05) is 57.2 Å². The second-order valence-electron chi connectivity index (χ2n) is 12.6. The Hall–Kier alpha value is -4.31. The summed E-state index contributed by atoms with van der Waals surface area (Å²) >= 11 is 1.30. The number of benzene rings is 3. The molecule has 1 unspecified atom stereocenters. The lowest BCUT2D eigenvalue weighted by Crippen LogP contribution is -2.54. The number of ketones is 1. The molecule has 1 aliphatic heterocycles. The molecule has 4 rings (SSSR count). The van der Waals surface area contributed by atoms with Crippen LogP contribution in [0.25, 0.3) is 0 Å². The lowest BCUT2D eigenvalue weighted by atomic mass is 9.90. The number of nitrogens with zero attached hydrogens (tertiary/aromatic N) is 2. The van der Waals surface area contributed by atoms with Gasteiger partial charge < -0.3 is 25.2 Å². The Balaban J connectivity index is 1.56. The minimum Gasteiger partial charge on any atom is -0.459 e. The van der Waals surface area contributed by atoms with Crippen LogP contribution in [0.15, 0.2) is 83.8 Å². The number of hydrogen-bond acceptors (Lipinski definition) is 7. The van der Waals surface area contributed by atoms with Crippen LogP contribution in [0.2, 0.25) is 0 Å². The van der Waals surface area contributed by atoms with E-state index < -0.39 is 23.1 Å². The average molecular weight is 617 g/mol. The van der Waals surface area contributed by atoms with Gasteiger partial charge in [0, 0.05) is 21.7 Å². The summed E-state index contributed by atoms with van der Waals surface area (Å²) in [5, 5.41) is 5.67. The molecule has 10 heteroatoms. The molecular formula is C34H40N4O5S. The monoisotopic (exact) mass is 616 g/mol. The van der Waals surface area contributed by atoms with Crippen molar-refractivity contribution in [2.75, 3.05) is 34.0 Å². The first-order valence-electron chi connectivity index (χ1n) is 14.5. The predicted molar refractivity (Wildman–Crippen MR) is 176 cm³/mol. The number of amides is 3. The molecule has 44 heavy (non-hydrogen) atoms. The average Bonchev–Trinajstić information content (AvgIpc) is 3.06. The molecule has 0 aliphatic carbocycles. The van der Waals surface area contributed by atoms with E-state index in [1.54, 1.807) is 18.2 Å². The normalized spacial score (nSPS) is 15.2. The van der Waals surface area contributed by atoms with Crippen molar-refractivity contribution in [3.05, 3.63) is 78.9 Å². The van der Waals surface area contributed by atoms with Gasteiger partial charge in [-0.3, -0.25) is 14.4 Å². The maximum absolute atomic E-state index is 14.1. The highest BCUT2D eigenvalue weighted by molar-refractivity contribution is 8.00. The molecule has 3 aromatic carbocycles. The third-order valence-corrected chi connectivity index (χ3v) is 7.74. The van der Waals surface area contributed by atoms with Gasteiger partial charge in [-0.2, -0.15) is 0 Å². The first kappa shape index (κ1) is 32.6. The SMILES string of the molecule is CC(C)(C)OC(=O)CSc1cccc(NC(=O)NC2CN(c3ccccc3)c3ccccc3N(CC(=O)C(C)(C)C)C2=O)c1. The number of carbonyl (C=O) groups excluding carboxylic acids is 4. The zero-order valence-corrected chi connectivity index (χ0v) is 26.9. The van der Waals surface area contributed by atoms with Gasteiger partial charge >= 0.3 is 12.0 Å². The Morgan fingerprint density at radius 1 is 0.886 bits per heavy atom. The van der Waals surface area contributed by atoms with E-state index in [0.717, 1.165) is 16.3 Å². The Bertz CT molecular complexity index is 1510. The Morgan fingerprint density at radius 3 is 2.20 bits per heavy atom. The van der Waals surface area contributed by atoms with E-state index in [9.17, 15) is 19.2 Å². The van der Waals surface area contributed by atoms with Gasteiger partial charge in [0.25, 0.3) is 5.91 Å². The first-order valence-corrected chi connectivity index (χ1v) is 15.5. The largest absolute Gasteiger partial charge is 0.459 e. The third kappa shape index (κ3) is 8.63. The van der Waals surface area contributed by atoms with Gasteiger partial charge in [-0.15, -0.1) is 11.8 Å². The second-order valence-corrected chi connectivity index (χ2v) is 13.6. The molecule has 0 fully saturated rings. The number of Topliss-reactive ketones (excluding diaryl/α,β-unsaturated/α-hetero) is 1. The lowest BCUT2D eigenvalue weighted by molar-refractivity contribution is -0.151. The van der Waals surface area contributed by atoms with Gasteiger partial charge in [-0.05, 0) is 63.2 Å². The highest BCUT2D eigenvalue weighted by Gasteiger charge is 2.37. The maximum atomic E-state index is 14.1. The molecule has 0 aromatic heterocycles. The summed E-state index contributed by atoms with van der Waals surface area (Å²) < 4.78 is 5.37. The van der Waals surface area contributed by atoms with Crippen LogP contribution in [-0.2, 0) is 19.1 Å². The number of esters is 1. The summed E-state index contributed by atoms with van der Waals surface area (Å²) in [7, 11) is 0. The van der Waals surface area contributed by atoms with Crippen LogP contribution >= 0.6 is 11.8 Å². The molecule has 0 saturated heterocycles. The maximum Gasteiger partial charge on any atom is 0.319 e. The Morgan fingerprint density at radius 2 is 1.55 bits per heavy atom. The van der Waals surface area contributed by atoms with E-state index in [4.69, 9.17) is 4.74 Å². The van der Waals surface area contributed by atoms with Crippen LogP contribution in [0.5, 0.6) is 0 Å². The van der Waals surface area contributed by atoms with E-state index in [1.807, 2.05) is 107 Å². The summed E-state index contributed by atoms with van der Waals surface area (Å²) in [4.78, 5) is 57.0. The molecule has 0 bridgehead atoms. The number of hydrogen-bond donors (Lipinski definition) is 2. The quantitative estimate of drug-likeness (QED) is 0.222. The molecule has 1 atom stereocenters. The molecule has 1 aliphatic rings. The van der Waals surface area contributed by atoms with E-state index >= 15 is 0 Å². The van der Waals surface area contributed by atoms with Gasteiger partial charge in [-0.25, -0.2) is 4.79 Å². The second kappa shape index (κ2) is 13.5. The van der Waals surface area contributed by atoms with Crippen LogP contribution in [0.4, 0.5) is 27.5 Å². The van der Waals surface area contributed by atoms with Crippen LogP contribution < -0.4 is 20.4 Å². The highest BCUT2D eigenvalue weighted by Crippen LogP contribution is 2.37. The van der Waals surface area contributed by atoms with E-state index in [0.29, 0.717) is 11.4 Å². The van der Waals surface area contributed by atoms with Gasteiger partial charge in [0.05, 0.1) is 30.2 Å². The molecule has 3 amide bonds. The fourth-order valence-corrected chi connectivity index (χ4v) is 5.32. The smallest absolute Gasteiger partial charge is 0.319 e. The van der Waals surface area contributed by atoms with E-state index in [-0.39, 0.29) is 36.5 Å². The Kier molecular flexibility index (Phi) is 10.0.